The lowest BCUT2D eigenvalue weighted by Gasteiger charge is -2.23. The third-order valence-corrected chi connectivity index (χ3v) is 4.80. The lowest BCUT2D eigenvalue weighted by molar-refractivity contribution is -0.384. The first-order valence-corrected chi connectivity index (χ1v) is 9.62. The Hall–Kier alpha value is -4.12. The van der Waals surface area contributed by atoms with Crippen LogP contribution in [0.1, 0.15) is 22.6 Å². The van der Waals surface area contributed by atoms with E-state index in [4.69, 9.17) is 5.84 Å². The second-order valence-corrected chi connectivity index (χ2v) is 6.99. The molecule has 0 aromatic heterocycles. The first kappa shape index (κ1) is 23.5. The minimum atomic E-state index is -4.90. The summed E-state index contributed by atoms with van der Waals surface area (Å²) in [5, 5.41) is 13.5. The van der Waals surface area contributed by atoms with Gasteiger partial charge in [-0.15, -0.1) is 13.2 Å². The van der Waals surface area contributed by atoms with Crippen LogP contribution in [0.5, 0.6) is 5.75 Å². The van der Waals surface area contributed by atoms with Crippen LogP contribution < -0.4 is 21.3 Å². The number of hydrogen-bond donors (Lipinski definition) is 3. The number of hydrazine groups is 1. The number of benzene rings is 3. The van der Waals surface area contributed by atoms with Gasteiger partial charge in [-0.1, -0.05) is 42.5 Å². The van der Waals surface area contributed by atoms with Crippen LogP contribution in [-0.4, -0.2) is 17.3 Å². The molecule has 4 N–H and O–H groups in total. The zero-order valence-electron chi connectivity index (χ0n) is 17.0. The highest BCUT2D eigenvalue weighted by Crippen LogP contribution is 2.37. The third-order valence-electron chi connectivity index (χ3n) is 4.80. The molecule has 0 fully saturated rings. The van der Waals surface area contributed by atoms with Crippen molar-refractivity contribution in [2.45, 2.75) is 18.7 Å². The number of non-ortho nitro benzene ring substituents is 1. The Kier molecular flexibility index (Phi) is 7.13. The van der Waals surface area contributed by atoms with E-state index in [-0.39, 0.29) is 17.8 Å². The lowest BCUT2D eigenvalue weighted by atomic mass is 9.85. The van der Waals surface area contributed by atoms with Gasteiger partial charge in [0.1, 0.15) is 5.75 Å². The molecular formula is C22H19F3N4O4. The predicted molar refractivity (Wildman–Crippen MR) is 115 cm³/mol. The number of alkyl halides is 3. The second kappa shape index (κ2) is 10.0. The molecule has 8 nitrogen and oxygen atoms in total. The molecular weight excluding hydrogens is 441 g/mol. The number of urea groups is 1. The van der Waals surface area contributed by atoms with E-state index in [2.05, 4.69) is 10.1 Å². The predicted octanol–water partition coefficient (Wildman–Crippen LogP) is 4.86. The largest absolute Gasteiger partial charge is 0.573 e. The van der Waals surface area contributed by atoms with Crippen molar-refractivity contribution in [3.8, 4) is 5.75 Å². The van der Waals surface area contributed by atoms with Gasteiger partial charge in [-0.25, -0.2) is 10.6 Å². The van der Waals surface area contributed by atoms with Gasteiger partial charge in [-0.2, -0.15) is 0 Å². The Labute approximate surface area is 186 Å². The fourth-order valence-corrected chi connectivity index (χ4v) is 3.38. The van der Waals surface area contributed by atoms with Gasteiger partial charge < -0.3 is 10.1 Å². The van der Waals surface area contributed by atoms with Crippen molar-refractivity contribution >= 4 is 17.4 Å². The summed E-state index contributed by atoms with van der Waals surface area (Å²) < 4.78 is 42.6. The molecule has 0 radical (unpaired) electrons. The van der Waals surface area contributed by atoms with Crippen LogP contribution in [0.25, 0.3) is 0 Å². The van der Waals surface area contributed by atoms with Gasteiger partial charge in [0, 0.05) is 23.7 Å². The third kappa shape index (κ3) is 6.43. The highest BCUT2D eigenvalue weighted by atomic mass is 19.4. The zero-order valence-corrected chi connectivity index (χ0v) is 17.0. The van der Waals surface area contributed by atoms with Gasteiger partial charge in [0.05, 0.1) is 4.92 Å². The quantitative estimate of drug-likeness (QED) is 0.201. The Balaban J connectivity index is 2.09. The minimum Gasteiger partial charge on any atom is -0.406 e. The summed E-state index contributed by atoms with van der Waals surface area (Å²) in [4.78, 5) is 22.3. The summed E-state index contributed by atoms with van der Waals surface area (Å²) in [5.41, 5.74) is 3.84. The van der Waals surface area contributed by atoms with Crippen molar-refractivity contribution in [1.29, 1.82) is 0 Å². The number of carbonyl (C=O) groups is 1. The molecule has 0 bridgehead atoms. The summed E-state index contributed by atoms with van der Waals surface area (Å²) in [5.74, 6) is 4.15. The maximum absolute atomic E-state index is 12.8. The zero-order chi connectivity index (χ0) is 24.0. The Morgan fingerprint density at radius 1 is 1.06 bits per heavy atom. The summed E-state index contributed by atoms with van der Waals surface area (Å²) in [6.45, 7) is 0. The Morgan fingerprint density at radius 2 is 1.73 bits per heavy atom. The van der Waals surface area contributed by atoms with Gasteiger partial charge in [0.15, 0.2) is 0 Å². The number of nitrogens with zero attached hydrogens (tertiary/aromatic N) is 1. The van der Waals surface area contributed by atoms with E-state index in [1.807, 2.05) is 5.43 Å². The van der Waals surface area contributed by atoms with Crippen LogP contribution >= 0.6 is 0 Å². The number of anilines is 1. The number of nitrogens with one attached hydrogen (secondary N) is 2. The molecule has 3 aromatic carbocycles. The topological polar surface area (TPSA) is 120 Å². The Morgan fingerprint density at radius 3 is 2.30 bits per heavy atom. The monoisotopic (exact) mass is 460 g/mol. The fraction of sp³-hybridized carbons (Fsp3) is 0.136. The van der Waals surface area contributed by atoms with Crippen LogP contribution in [0.3, 0.4) is 0 Å². The molecule has 0 heterocycles. The summed E-state index contributed by atoms with van der Waals surface area (Å²) in [6, 6.07) is 17.6. The average molecular weight is 460 g/mol. The van der Waals surface area contributed by atoms with Crippen molar-refractivity contribution in [3.05, 3.63) is 99.6 Å². The molecule has 1 atom stereocenters. The fourth-order valence-electron chi connectivity index (χ4n) is 3.38. The second-order valence-electron chi connectivity index (χ2n) is 6.99. The van der Waals surface area contributed by atoms with Gasteiger partial charge in [0.2, 0.25) is 0 Å². The molecule has 2 amide bonds. The maximum Gasteiger partial charge on any atom is 0.573 e. The SMILES string of the molecule is NNC(=O)Nc1ccc(OC(F)(F)F)cc1C(Cc1ccc([N+](=O)[O-])cc1)c1ccccc1. The molecule has 0 aliphatic heterocycles. The number of ether oxygens (including phenoxy) is 1. The first-order valence-electron chi connectivity index (χ1n) is 9.62. The Bertz CT molecular complexity index is 1120. The number of nitro benzene ring substituents is 1. The number of hydrogen-bond acceptors (Lipinski definition) is 5. The highest BCUT2D eigenvalue weighted by molar-refractivity contribution is 5.90. The van der Waals surface area contributed by atoms with Crippen LogP contribution in [0, 0.1) is 10.1 Å². The molecule has 1 unspecified atom stereocenters. The van der Waals surface area contributed by atoms with E-state index >= 15 is 0 Å². The normalized spacial score (nSPS) is 12.0. The first-order chi connectivity index (χ1) is 15.7. The molecule has 0 saturated carbocycles. The molecule has 0 aliphatic carbocycles. The van der Waals surface area contributed by atoms with Crippen LogP contribution in [0.4, 0.5) is 29.3 Å². The summed E-state index contributed by atoms with van der Waals surface area (Å²) in [7, 11) is 0. The van der Waals surface area contributed by atoms with Crippen molar-refractivity contribution in [2.75, 3.05) is 5.32 Å². The smallest absolute Gasteiger partial charge is 0.406 e. The van der Waals surface area contributed by atoms with Crippen LogP contribution in [-0.2, 0) is 6.42 Å². The summed E-state index contributed by atoms with van der Waals surface area (Å²) >= 11 is 0. The van der Waals surface area contributed by atoms with E-state index < -0.39 is 29.0 Å². The van der Waals surface area contributed by atoms with E-state index in [9.17, 15) is 28.1 Å². The molecule has 3 aromatic rings. The number of nitro groups is 1. The number of amides is 2. The number of nitrogens with two attached hydrogens (primary N) is 1. The van der Waals surface area contributed by atoms with Crippen molar-refractivity contribution in [3.63, 3.8) is 0 Å². The van der Waals surface area contributed by atoms with Gasteiger partial charge >= 0.3 is 12.4 Å². The highest BCUT2D eigenvalue weighted by Gasteiger charge is 2.32. The van der Waals surface area contributed by atoms with Gasteiger partial charge in [-0.05, 0) is 41.3 Å². The molecule has 172 valence electrons. The maximum atomic E-state index is 12.8. The van der Waals surface area contributed by atoms with E-state index in [0.717, 1.165) is 11.6 Å². The van der Waals surface area contributed by atoms with E-state index in [1.54, 1.807) is 42.5 Å². The van der Waals surface area contributed by atoms with Crippen molar-refractivity contribution in [1.82, 2.24) is 5.43 Å². The molecule has 11 heteroatoms. The molecule has 0 spiro atoms. The van der Waals surface area contributed by atoms with Gasteiger partial charge in [-0.3, -0.25) is 15.5 Å². The van der Waals surface area contributed by atoms with Crippen LogP contribution in [0.2, 0.25) is 0 Å². The average Bonchev–Trinajstić information content (AvgIpc) is 2.78. The minimum absolute atomic E-state index is 0.0856. The summed E-state index contributed by atoms with van der Waals surface area (Å²) in [6.07, 6.45) is -4.63. The van der Waals surface area contributed by atoms with Crippen molar-refractivity contribution in [2.24, 2.45) is 5.84 Å². The molecule has 3 rings (SSSR count). The van der Waals surface area contributed by atoms with E-state index in [1.165, 1.54) is 24.3 Å². The molecule has 33 heavy (non-hydrogen) atoms. The number of halogens is 3. The number of rotatable bonds is 7. The van der Waals surface area contributed by atoms with Crippen molar-refractivity contribution < 1.29 is 27.6 Å². The van der Waals surface area contributed by atoms with Crippen LogP contribution in [0.15, 0.2) is 72.8 Å². The number of carbonyl (C=O) groups excluding carboxylic acids is 1. The standard InChI is InChI=1S/C22H19F3N4O4/c23-22(24,25)33-17-10-11-20(27-21(30)28-26)19(13-17)18(15-4-2-1-3-5-15)12-14-6-8-16(9-7-14)29(31)32/h1-11,13,18H,12,26H2,(H2,27,28,30). The molecule has 0 aliphatic rings. The van der Waals surface area contributed by atoms with E-state index in [0.29, 0.717) is 11.1 Å². The van der Waals surface area contributed by atoms with Gasteiger partial charge in [0.25, 0.3) is 5.69 Å². The lowest BCUT2D eigenvalue weighted by Crippen LogP contribution is -2.34. The molecule has 0 saturated heterocycles.